The summed E-state index contributed by atoms with van der Waals surface area (Å²) in [5.41, 5.74) is -6.68. The van der Waals surface area contributed by atoms with Gasteiger partial charge in [0.1, 0.15) is 0 Å². The molecule has 2 nitrogen and oxygen atoms in total. The fourth-order valence-corrected chi connectivity index (χ4v) is 1.38. The van der Waals surface area contributed by atoms with Gasteiger partial charge in [0, 0.05) is 5.69 Å². The van der Waals surface area contributed by atoms with E-state index in [1.54, 1.807) is 0 Å². The van der Waals surface area contributed by atoms with Crippen molar-refractivity contribution in [1.82, 2.24) is 0 Å². The molecule has 0 bridgehead atoms. The van der Waals surface area contributed by atoms with E-state index in [0.29, 0.717) is 12.1 Å². The maximum Gasteiger partial charge on any atom is 0.490 e. The lowest BCUT2D eigenvalue weighted by atomic mass is 10.2. The molecule has 1 N–H and O–H groups in total. The van der Waals surface area contributed by atoms with Crippen molar-refractivity contribution in [3.05, 3.63) is 29.8 Å². The summed E-state index contributed by atoms with van der Waals surface area (Å²) in [7, 11) is -3.44. The van der Waals surface area contributed by atoms with Gasteiger partial charge in [0.15, 0.2) is 0 Å². The molecule has 1 unspecified atom stereocenters. The summed E-state index contributed by atoms with van der Waals surface area (Å²) in [5, 5.41) is 0. The molecule has 9 heteroatoms. The quantitative estimate of drug-likeness (QED) is 0.826. The summed E-state index contributed by atoms with van der Waals surface area (Å²) in [5.74, 6) is 0. The van der Waals surface area contributed by atoms with Crippen LogP contribution in [-0.4, -0.2) is 9.72 Å². The summed E-state index contributed by atoms with van der Waals surface area (Å²) >= 11 is 0. The van der Waals surface area contributed by atoms with Gasteiger partial charge in [0.05, 0.1) is 5.56 Å². The molecule has 96 valence electrons. The summed E-state index contributed by atoms with van der Waals surface area (Å²) in [6.07, 6.45) is -4.67. The van der Waals surface area contributed by atoms with E-state index >= 15 is 0 Å². The highest BCUT2D eigenvalue weighted by Crippen LogP contribution is 2.31. The lowest BCUT2D eigenvalue weighted by Crippen LogP contribution is -2.23. The molecule has 0 spiro atoms. The van der Waals surface area contributed by atoms with Crippen LogP contribution in [0.3, 0.4) is 0 Å². The highest BCUT2D eigenvalue weighted by molar-refractivity contribution is 7.87. The third-order valence-electron chi connectivity index (χ3n) is 1.61. The molecule has 0 aliphatic carbocycles. The first-order chi connectivity index (χ1) is 7.60. The van der Waals surface area contributed by atoms with Crippen molar-refractivity contribution in [2.75, 3.05) is 4.72 Å². The fraction of sp³-hybridized carbons (Fsp3) is 0.250. The molecule has 0 saturated carbocycles. The second kappa shape index (κ2) is 4.55. The highest BCUT2D eigenvalue weighted by atomic mass is 32.2. The first-order valence-corrected chi connectivity index (χ1v) is 5.18. The monoisotopic (exact) mass is 277 g/mol. The third kappa shape index (κ3) is 3.91. The summed E-state index contributed by atoms with van der Waals surface area (Å²) in [6, 6.07) is 3.02. The molecule has 1 rings (SSSR count). The Bertz CT molecular complexity index is 427. The standard InChI is InChI=1S/C8H5F6NOS/c9-7(10,11)5-2-1-3-6(4-5)15-17(16)8(12,13)14/h1-4,15H. The molecule has 1 aromatic carbocycles. The molecule has 0 aromatic heterocycles. The van der Waals surface area contributed by atoms with E-state index in [1.165, 1.54) is 4.72 Å². The Hall–Kier alpha value is -1.25. The van der Waals surface area contributed by atoms with Crippen LogP contribution in [0.5, 0.6) is 0 Å². The predicted octanol–water partition coefficient (Wildman–Crippen LogP) is 3.30. The van der Waals surface area contributed by atoms with E-state index in [9.17, 15) is 30.6 Å². The molecule has 0 aliphatic heterocycles. The number of hydrogen-bond donors (Lipinski definition) is 1. The molecule has 1 aromatic rings. The number of alkyl halides is 6. The lowest BCUT2D eigenvalue weighted by molar-refractivity contribution is -0.137. The van der Waals surface area contributed by atoms with Crippen molar-refractivity contribution in [2.45, 2.75) is 11.7 Å². The predicted molar refractivity (Wildman–Crippen MR) is 49.3 cm³/mol. The van der Waals surface area contributed by atoms with Gasteiger partial charge < -0.3 is 0 Å². The molecule has 17 heavy (non-hydrogen) atoms. The highest BCUT2D eigenvalue weighted by Gasteiger charge is 2.38. The van der Waals surface area contributed by atoms with Gasteiger partial charge in [-0.15, -0.1) is 0 Å². The van der Waals surface area contributed by atoms with Crippen LogP contribution in [0.25, 0.3) is 0 Å². The molecule has 0 fully saturated rings. The van der Waals surface area contributed by atoms with Gasteiger partial charge in [-0.05, 0) is 18.2 Å². The van der Waals surface area contributed by atoms with Gasteiger partial charge in [-0.1, -0.05) is 6.07 Å². The summed E-state index contributed by atoms with van der Waals surface area (Å²) in [6.45, 7) is 0. The number of rotatable bonds is 2. The van der Waals surface area contributed by atoms with E-state index < -0.39 is 33.9 Å². The Morgan fingerprint density at radius 1 is 1.06 bits per heavy atom. The molecular weight excluding hydrogens is 272 g/mol. The maximum atomic E-state index is 12.2. The minimum Gasteiger partial charge on any atom is -0.298 e. The number of nitrogens with one attached hydrogen (secondary N) is 1. The maximum absolute atomic E-state index is 12.2. The Morgan fingerprint density at radius 2 is 1.65 bits per heavy atom. The smallest absolute Gasteiger partial charge is 0.298 e. The lowest BCUT2D eigenvalue weighted by Gasteiger charge is -2.11. The van der Waals surface area contributed by atoms with Gasteiger partial charge in [-0.25, -0.2) is 4.21 Å². The number of hydrogen-bond acceptors (Lipinski definition) is 1. The molecule has 0 aliphatic rings. The van der Waals surface area contributed by atoms with Crippen molar-refractivity contribution in [3.8, 4) is 0 Å². The molecule has 0 heterocycles. The van der Waals surface area contributed by atoms with E-state index in [1.807, 2.05) is 0 Å². The van der Waals surface area contributed by atoms with Crippen molar-refractivity contribution < 1.29 is 30.6 Å². The average molecular weight is 277 g/mol. The van der Waals surface area contributed by atoms with Crippen LogP contribution in [0.2, 0.25) is 0 Å². The molecular formula is C8H5F6NOS. The molecule has 1 atom stereocenters. The van der Waals surface area contributed by atoms with Gasteiger partial charge in [-0.2, -0.15) is 26.3 Å². The van der Waals surface area contributed by atoms with Crippen LogP contribution in [-0.2, 0) is 17.2 Å². The minimum atomic E-state index is -5.03. The van der Waals surface area contributed by atoms with Crippen LogP contribution in [0, 0.1) is 0 Å². The normalized spacial score (nSPS) is 14.5. The van der Waals surface area contributed by atoms with Gasteiger partial charge >= 0.3 is 11.7 Å². The Morgan fingerprint density at radius 3 is 2.12 bits per heavy atom. The zero-order valence-electron chi connectivity index (χ0n) is 7.89. The zero-order chi connectivity index (χ0) is 13.3. The molecule has 0 saturated heterocycles. The van der Waals surface area contributed by atoms with Crippen molar-refractivity contribution >= 4 is 16.7 Å². The van der Waals surface area contributed by atoms with Crippen LogP contribution < -0.4 is 4.72 Å². The second-order valence-electron chi connectivity index (χ2n) is 2.90. The largest absolute Gasteiger partial charge is 0.490 e. The SMILES string of the molecule is O=S(Nc1cccc(C(F)(F)F)c1)C(F)(F)F. The van der Waals surface area contributed by atoms with Crippen LogP contribution in [0.15, 0.2) is 24.3 Å². The first kappa shape index (κ1) is 13.8. The van der Waals surface area contributed by atoms with E-state index in [0.717, 1.165) is 12.1 Å². The van der Waals surface area contributed by atoms with E-state index in [-0.39, 0.29) is 0 Å². The van der Waals surface area contributed by atoms with Crippen LogP contribution >= 0.6 is 0 Å². The second-order valence-corrected chi connectivity index (χ2v) is 4.10. The third-order valence-corrected chi connectivity index (χ3v) is 2.45. The minimum absolute atomic E-state index is 0.448. The van der Waals surface area contributed by atoms with Crippen LogP contribution in [0.4, 0.5) is 32.0 Å². The number of halogens is 6. The average Bonchev–Trinajstić information content (AvgIpc) is 2.15. The Balaban J connectivity index is 2.91. The topological polar surface area (TPSA) is 29.1 Å². The first-order valence-electron chi connectivity index (χ1n) is 4.03. The number of benzene rings is 1. The molecule has 0 radical (unpaired) electrons. The van der Waals surface area contributed by atoms with Crippen molar-refractivity contribution in [2.24, 2.45) is 0 Å². The van der Waals surface area contributed by atoms with E-state index in [4.69, 9.17) is 0 Å². The summed E-state index contributed by atoms with van der Waals surface area (Å²) < 4.78 is 84.3. The van der Waals surface area contributed by atoms with Gasteiger partial charge in [-0.3, -0.25) is 4.72 Å². The fourth-order valence-electron chi connectivity index (χ4n) is 0.924. The summed E-state index contributed by atoms with van der Waals surface area (Å²) in [4.78, 5) is 0. The Kier molecular flexibility index (Phi) is 3.70. The van der Waals surface area contributed by atoms with Gasteiger partial charge in [0.25, 0.3) is 0 Å². The molecule has 0 amide bonds. The Labute approximate surface area is 94.2 Å². The van der Waals surface area contributed by atoms with E-state index in [2.05, 4.69) is 0 Å². The van der Waals surface area contributed by atoms with Crippen molar-refractivity contribution in [1.29, 1.82) is 0 Å². The zero-order valence-corrected chi connectivity index (χ0v) is 8.71. The van der Waals surface area contributed by atoms with Gasteiger partial charge in [0.2, 0.25) is 11.0 Å². The number of anilines is 1. The van der Waals surface area contributed by atoms with Crippen LogP contribution in [0.1, 0.15) is 5.56 Å². The van der Waals surface area contributed by atoms with Crippen molar-refractivity contribution in [3.63, 3.8) is 0 Å².